The highest BCUT2D eigenvalue weighted by atomic mass is 16.5. The number of carbonyl (C=O) groups excluding carboxylic acids is 1. The molecule has 7 atom stereocenters. The molecule has 0 radical (unpaired) electrons. The van der Waals surface area contributed by atoms with Crippen LogP contribution < -0.4 is 0 Å². The number of fused-ring (bicyclic) bond motifs is 5. The van der Waals surface area contributed by atoms with Crippen LogP contribution in [0.25, 0.3) is 0 Å². The van der Waals surface area contributed by atoms with E-state index < -0.39 is 0 Å². The fourth-order valence-electron chi connectivity index (χ4n) is 7.84. The van der Waals surface area contributed by atoms with Gasteiger partial charge in [0.25, 0.3) is 0 Å². The summed E-state index contributed by atoms with van der Waals surface area (Å²) in [4.78, 5) is 11.1. The first-order valence-electron chi connectivity index (χ1n) is 10.9. The molecule has 0 bridgehead atoms. The van der Waals surface area contributed by atoms with E-state index in [2.05, 4.69) is 19.9 Å². The van der Waals surface area contributed by atoms with Gasteiger partial charge < -0.3 is 9.84 Å². The zero-order chi connectivity index (χ0) is 18.5. The average Bonchev–Trinajstić information content (AvgIpc) is 2.93. The van der Waals surface area contributed by atoms with Crippen LogP contribution in [-0.2, 0) is 9.53 Å². The molecule has 4 rings (SSSR count). The Morgan fingerprint density at radius 1 is 1.15 bits per heavy atom. The lowest BCUT2D eigenvalue weighted by molar-refractivity contribution is -0.142. The number of aliphatic hydroxyl groups excluding tert-OH is 1. The second-order valence-corrected chi connectivity index (χ2v) is 10.0. The van der Waals surface area contributed by atoms with Gasteiger partial charge in [-0.1, -0.05) is 13.8 Å². The van der Waals surface area contributed by atoms with Gasteiger partial charge in [-0.05, 0) is 98.9 Å². The van der Waals surface area contributed by atoms with Gasteiger partial charge in [0, 0.05) is 12.3 Å². The standard InChI is InChI=1S/C23H36O3/c1-15(24)26-14-12-16-8-10-19-18-9-7-17-5-4-6-21(25)23(17,3)20(18)11-13-22(16,19)2/h6,16-20,25H,4-5,7-14H2,1-3H3/t16-,17?,18+,19+,20+,22-,23+/m1/s1. The SMILES string of the molecule is CC(=O)OCC[C@H]1CC[C@H]2[C@@H]3CCC4CCC=C(O)[C@]4(C)[C@H]3CC[C@]12C. The van der Waals surface area contributed by atoms with Gasteiger partial charge in [-0.2, -0.15) is 0 Å². The first kappa shape index (κ1) is 18.4. The van der Waals surface area contributed by atoms with Gasteiger partial charge in [0.2, 0.25) is 0 Å². The lowest BCUT2D eigenvalue weighted by Crippen LogP contribution is -2.53. The molecule has 0 saturated heterocycles. The van der Waals surface area contributed by atoms with E-state index in [1.807, 2.05) is 0 Å². The molecule has 3 nitrogen and oxygen atoms in total. The summed E-state index contributed by atoms with van der Waals surface area (Å²) in [6, 6.07) is 0. The van der Waals surface area contributed by atoms with E-state index in [0.29, 0.717) is 35.5 Å². The quantitative estimate of drug-likeness (QED) is 0.662. The number of carbonyl (C=O) groups is 1. The van der Waals surface area contributed by atoms with Gasteiger partial charge in [0.15, 0.2) is 0 Å². The minimum absolute atomic E-state index is 0.0261. The molecule has 0 aromatic heterocycles. The summed E-state index contributed by atoms with van der Waals surface area (Å²) >= 11 is 0. The maximum Gasteiger partial charge on any atom is 0.302 e. The normalized spacial score (nSPS) is 47.3. The van der Waals surface area contributed by atoms with Crippen LogP contribution in [0.3, 0.4) is 0 Å². The maximum absolute atomic E-state index is 11.1. The summed E-state index contributed by atoms with van der Waals surface area (Å²) in [6.07, 6.45) is 13.3. The van der Waals surface area contributed by atoms with Crippen molar-refractivity contribution in [1.82, 2.24) is 0 Å². The Morgan fingerprint density at radius 3 is 2.73 bits per heavy atom. The predicted molar refractivity (Wildman–Crippen MR) is 103 cm³/mol. The van der Waals surface area contributed by atoms with E-state index in [9.17, 15) is 9.90 Å². The Balaban J connectivity index is 1.53. The molecular formula is C23H36O3. The fourth-order valence-corrected chi connectivity index (χ4v) is 7.84. The van der Waals surface area contributed by atoms with E-state index >= 15 is 0 Å². The highest BCUT2D eigenvalue weighted by Gasteiger charge is 2.60. The topological polar surface area (TPSA) is 46.5 Å². The Kier molecular flexibility index (Phi) is 4.64. The smallest absolute Gasteiger partial charge is 0.302 e. The number of hydrogen-bond donors (Lipinski definition) is 1. The molecule has 0 heterocycles. The van der Waals surface area contributed by atoms with Crippen molar-refractivity contribution in [2.45, 2.75) is 78.6 Å². The van der Waals surface area contributed by atoms with E-state index in [4.69, 9.17) is 4.74 Å². The van der Waals surface area contributed by atoms with E-state index in [1.54, 1.807) is 0 Å². The van der Waals surface area contributed by atoms with Gasteiger partial charge >= 0.3 is 5.97 Å². The Morgan fingerprint density at radius 2 is 1.96 bits per heavy atom. The zero-order valence-electron chi connectivity index (χ0n) is 16.8. The number of hydrogen-bond acceptors (Lipinski definition) is 3. The molecule has 1 unspecified atom stereocenters. The summed E-state index contributed by atoms with van der Waals surface area (Å²) < 4.78 is 5.26. The zero-order valence-corrected chi connectivity index (χ0v) is 16.8. The monoisotopic (exact) mass is 360 g/mol. The first-order chi connectivity index (χ1) is 12.4. The van der Waals surface area contributed by atoms with Crippen molar-refractivity contribution < 1.29 is 14.6 Å². The van der Waals surface area contributed by atoms with Gasteiger partial charge in [0.1, 0.15) is 0 Å². The Labute approximate surface area is 158 Å². The van der Waals surface area contributed by atoms with Crippen molar-refractivity contribution in [3.63, 3.8) is 0 Å². The molecule has 3 saturated carbocycles. The number of allylic oxidation sites excluding steroid dienone is 2. The van der Waals surface area contributed by atoms with Crippen LogP contribution in [0, 0.1) is 40.4 Å². The number of rotatable bonds is 3. The highest BCUT2D eigenvalue weighted by Crippen LogP contribution is 2.67. The molecule has 3 fully saturated rings. The van der Waals surface area contributed by atoms with Crippen molar-refractivity contribution in [3.8, 4) is 0 Å². The van der Waals surface area contributed by atoms with Crippen molar-refractivity contribution in [2.75, 3.05) is 6.61 Å². The van der Waals surface area contributed by atoms with E-state index in [-0.39, 0.29) is 11.4 Å². The highest BCUT2D eigenvalue weighted by molar-refractivity contribution is 5.65. The van der Waals surface area contributed by atoms with Crippen LogP contribution in [0.4, 0.5) is 0 Å². The Bertz CT molecular complexity index is 596. The lowest BCUT2D eigenvalue weighted by atomic mass is 9.45. The van der Waals surface area contributed by atoms with Crippen LogP contribution in [0.15, 0.2) is 11.8 Å². The average molecular weight is 361 g/mol. The van der Waals surface area contributed by atoms with Crippen molar-refractivity contribution >= 4 is 5.97 Å². The minimum Gasteiger partial charge on any atom is -0.512 e. The largest absolute Gasteiger partial charge is 0.512 e. The molecule has 0 aromatic rings. The van der Waals surface area contributed by atoms with Crippen molar-refractivity contribution in [3.05, 3.63) is 11.8 Å². The van der Waals surface area contributed by atoms with Gasteiger partial charge in [-0.15, -0.1) is 0 Å². The number of ether oxygens (including phenoxy) is 1. The molecule has 146 valence electrons. The maximum atomic E-state index is 11.1. The Hall–Kier alpha value is -0.990. The third-order valence-electron chi connectivity index (χ3n) is 9.28. The third-order valence-corrected chi connectivity index (χ3v) is 9.28. The van der Waals surface area contributed by atoms with Crippen LogP contribution in [0.2, 0.25) is 0 Å². The van der Waals surface area contributed by atoms with E-state index in [1.165, 1.54) is 51.9 Å². The van der Waals surface area contributed by atoms with Gasteiger partial charge in [0.05, 0.1) is 12.4 Å². The second-order valence-electron chi connectivity index (χ2n) is 10.0. The molecule has 4 aliphatic rings. The predicted octanol–water partition coefficient (Wildman–Crippen LogP) is 5.65. The number of esters is 1. The molecule has 26 heavy (non-hydrogen) atoms. The molecule has 3 heteroatoms. The third kappa shape index (κ3) is 2.64. The fraction of sp³-hybridized carbons (Fsp3) is 0.870. The van der Waals surface area contributed by atoms with Gasteiger partial charge in [-0.25, -0.2) is 0 Å². The number of aliphatic hydroxyl groups is 1. The van der Waals surface area contributed by atoms with Gasteiger partial charge in [-0.3, -0.25) is 4.79 Å². The van der Waals surface area contributed by atoms with Crippen LogP contribution in [0.1, 0.15) is 78.6 Å². The van der Waals surface area contributed by atoms with Crippen molar-refractivity contribution in [2.24, 2.45) is 40.4 Å². The summed E-state index contributed by atoms with van der Waals surface area (Å²) in [7, 11) is 0. The summed E-state index contributed by atoms with van der Waals surface area (Å²) in [5, 5.41) is 10.8. The molecular weight excluding hydrogens is 324 g/mol. The van der Waals surface area contributed by atoms with Crippen LogP contribution in [-0.4, -0.2) is 17.7 Å². The summed E-state index contributed by atoms with van der Waals surface area (Å²) in [5.74, 6) is 4.13. The van der Waals surface area contributed by atoms with Crippen molar-refractivity contribution in [1.29, 1.82) is 0 Å². The summed E-state index contributed by atoms with van der Waals surface area (Å²) in [6.45, 7) is 6.98. The minimum atomic E-state index is -0.154. The molecule has 0 aliphatic heterocycles. The van der Waals surface area contributed by atoms with E-state index in [0.717, 1.165) is 24.7 Å². The molecule has 4 aliphatic carbocycles. The second kappa shape index (κ2) is 6.56. The van der Waals surface area contributed by atoms with Crippen LogP contribution >= 0.6 is 0 Å². The molecule has 0 amide bonds. The molecule has 0 aromatic carbocycles. The van der Waals surface area contributed by atoms with Crippen LogP contribution in [0.5, 0.6) is 0 Å². The first-order valence-corrected chi connectivity index (χ1v) is 10.9. The lowest BCUT2D eigenvalue weighted by Gasteiger charge is -2.59. The molecule has 1 N–H and O–H groups in total. The molecule has 0 spiro atoms. The summed E-state index contributed by atoms with van der Waals surface area (Å²) in [5.41, 5.74) is 0.427.